The molecule has 1 aromatic carbocycles. The average molecular weight is 248 g/mol. The molecule has 1 fully saturated rings. The predicted octanol–water partition coefficient (Wildman–Crippen LogP) is 2.54. The molecule has 0 atom stereocenters. The first-order chi connectivity index (χ1) is 8.58. The van der Waals surface area contributed by atoms with Crippen LogP contribution in [0.15, 0.2) is 24.3 Å². The van der Waals surface area contributed by atoms with E-state index in [-0.39, 0.29) is 5.69 Å². The number of benzene rings is 1. The van der Waals surface area contributed by atoms with E-state index >= 15 is 0 Å². The third-order valence-corrected chi connectivity index (χ3v) is 3.53. The van der Waals surface area contributed by atoms with E-state index in [4.69, 9.17) is 0 Å². The van der Waals surface area contributed by atoms with Gasteiger partial charge in [0.1, 0.15) is 5.78 Å². The van der Waals surface area contributed by atoms with Crippen molar-refractivity contribution in [3.8, 4) is 0 Å². The van der Waals surface area contributed by atoms with Crippen LogP contribution in [0, 0.1) is 10.1 Å². The monoisotopic (exact) mass is 248 g/mol. The normalized spacial score (nSPS) is 16.6. The van der Waals surface area contributed by atoms with Crippen LogP contribution in [0.4, 0.5) is 11.4 Å². The van der Waals surface area contributed by atoms with Crippen molar-refractivity contribution in [3.05, 3.63) is 34.4 Å². The molecule has 1 aromatic rings. The Kier molecular flexibility index (Phi) is 3.60. The molecule has 5 nitrogen and oxygen atoms in total. The van der Waals surface area contributed by atoms with Crippen molar-refractivity contribution < 1.29 is 9.72 Å². The van der Waals surface area contributed by atoms with Crippen LogP contribution in [-0.4, -0.2) is 23.8 Å². The molecule has 0 unspecified atom stereocenters. The number of Topliss-reactive ketones (excluding diaryl/α,β-unsaturated/α-hetero) is 1. The number of carbonyl (C=O) groups is 1. The second-order valence-corrected chi connectivity index (χ2v) is 4.65. The van der Waals surface area contributed by atoms with Gasteiger partial charge in [-0.25, -0.2) is 0 Å². The van der Waals surface area contributed by atoms with Gasteiger partial charge in [-0.05, 0) is 25.0 Å². The molecule has 1 aliphatic carbocycles. The molecule has 0 spiro atoms. The highest BCUT2D eigenvalue weighted by Gasteiger charge is 2.22. The summed E-state index contributed by atoms with van der Waals surface area (Å²) in [6.07, 6.45) is 3.02. The summed E-state index contributed by atoms with van der Waals surface area (Å²) in [5.74, 6) is 0.336. The Hall–Kier alpha value is -1.91. The van der Waals surface area contributed by atoms with Crippen LogP contribution in [0.2, 0.25) is 0 Å². The number of ketones is 1. The van der Waals surface area contributed by atoms with E-state index in [1.54, 1.807) is 12.1 Å². The number of hydrogen-bond acceptors (Lipinski definition) is 4. The fraction of sp³-hybridized carbons (Fsp3) is 0.462. The lowest BCUT2D eigenvalue weighted by Gasteiger charge is -2.32. The summed E-state index contributed by atoms with van der Waals surface area (Å²) in [6.45, 7) is 0. The van der Waals surface area contributed by atoms with Crippen molar-refractivity contribution in [3.63, 3.8) is 0 Å². The van der Waals surface area contributed by atoms with E-state index in [1.807, 2.05) is 7.05 Å². The minimum absolute atomic E-state index is 0.103. The van der Waals surface area contributed by atoms with Crippen molar-refractivity contribution in [1.82, 2.24) is 0 Å². The largest absolute Gasteiger partial charge is 0.372 e. The van der Waals surface area contributed by atoms with Crippen LogP contribution in [-0.2, 0) is 4.79 Å². The van der Waals surface area contributed by atoms with Gasteiger partial charge in [0.2, 0.25) is 0 Å². The predicted molar refractivity (Wildman–Crippen MR) is 68.8 cm³/mol. The first-order valence-electron chi connectivity index (χ1n) is 6.07. The molecule has 0 aliphatic heterocycles. The molecule has 0 amide bonds. The molecular weight excluding hydrogens is 232 g/mol. The van der Waals surface area contributed by atoms with Gasteiger partial charge < -0.3 is 4.90 Å². The molecule has 18 heavy (non-hydrogen) atoms. The third kappa shape index (κ3) is 2.67. The summed E-state index contributed by atoms with van der Waals surface area (Å²) < 4.78 is 0. The molecule has 2 rings (SSSR count). The summed E-state index contributed by atoms with van der Waals surface area (Å²) in [7, 11) is 1.97. The van der Waals surface area contributed by atoms with E-state index < -0.39 is 4.92 Å². The Morgan fingerprint density at radius 1 is 1.22 bits per heavy atom. The molecule has 0 bridgehead atoms. The van der Waals surface area contributed by atoms with Crippen molar-refractivity contribution in [1.29, 1.82) is 0 Å². The first-order valence-corrected chi connectivity index (χ1v) is 6.07. The van der Waals surface area contributed by atoms with Crippen LogP contribution >= 0.6 is 0 Å². The number of nitro groups is 1. The van der Waals surface area contributed by atoms with Crippen LogP contribution in [0.3, 0.4) is 0 Å². The highest BCUT2D eigenvalue weighted by atomic mass is 16.6. The molecule has 0 aromatic heterocycles. The maximum atomic E-state index is 11.2. The summed E-state index contributed by atoms with van der Waals surface area (Å²) in [6, 6.07) is 6.90. The van der Waals surface area contributed by atoms with E-state index in [2.05, 4.69) is 4.90 Å². The van der Waals surface area contributed by atoms with Gasteiger partial charge >= 0.3 is 0 Å². The lowest BCUT2D eigenvalue weighted by molar-refractivity contribution is -0.384. The van der Waals surface area contributed by atoms with E-state index in [0.717, 1.165) is 18.5 Å². The smallest absolute Gasteiger partial charge is 0.269 e. The summed E-state index contributed by atoms with van der Waals surface area (Å²) in [4.78, 5) is 23.5. The number of carbonyl (C=O) groups excluding carboxylic acids is 1. The highest BCUT2D eigenvalue weighted by molar-refractivity contribution is 5.79. The van der Waals surface area contributed by atoms with Crippen LogP contribution < -0.4 is 4.90 Å². The van der Waals surface area contributed by atoms with Gasteiger partial charge in [-0.1, -0.05) is 0 Å². The fourth-order valence-corrected chi connectivity index (χ4v) is 2.33. The van der Waals surface area contributed by atoms with Gasteiger partial charge in [0, 0.05) is 43.8 Å². The van der Waals surface area contributed by atoms with Crippen molar-refractivity contribution in [2.75, 3.05) is 11.9 Å². The number of nitro benzene ring substituents is 1. The van der Waals surface area contributed by atoms with Gasteiger partial charge in [-0.2, -0.15) is 0 Å². The van der Waals surface area contributed by atoms with E-state index in [9.17, 15) is 14.9 Å². The Balaban J connectivity index is 2.06. The van der Waals surface area contributed by atoms with Crippen molar-refractivity contribution in [2.45, 2.75) is 31.7 Å². The molecule has 0 saturated heterocycles. The molecule has 96 valence electrons. The van der Waals surface area contributed by atoms with Crippen molar-refractivity contribution >= 4 is 17.2 Å². The van der Waals surface area contributed by atoms with Gasteiger partial charge in [0.05, 0.1) is 4.92 Å². The first kappa shape index (κ1) is 12.5. The summed E-state index contributed by atoms with van der Waals surface area (Å²) >= 11 is 0. The van der Waals surface area contributed by atoms with Gasteiger partial charge in [-0.3, -0.25) is 14.9 Å². The zero-order valence-electron chi connectivity index (χ0n) is 10.3. The summed E-state index contributed by atoms with van der Waals surface area (Å²) in [5, 5.41) is 10.6. The molecule has 0 radical (unpaired) electrons. The second-order valence-electron chi connectivity index (χ2n) is 4.65. The summed E-state index contributed by atoms with van der Waals surface area (Å²) in [5.41, 5.74) is 1.06. The SMILES string of the molecule is CN(c1ccc([N+](=O)[O-])cc1)C1CCC(=O)CC1. The second kappa shape index (κ2) is 5.16. The molecule has 1 saturated carbocycles. The number of rotatable bonds is 3. The third-order valence-electron chi connectivity index (χ3n) is 3.53. The minimum atomic E-state index is -0.400. The molecule has 0 N–H and O–H groups in total. The average Bonchev–Trinajstić information content (AvgIpc) is 2.39. The van der Waals surface area contributed by atoms with Gasteiger partial charge in [0.15, 0.2) is 0 Å². The topological polar surface area (TPSA) is 63.4 Å². The maximum Gasteiger partial charge on any atom is 0.269 e. The number of non-ortho nitro benzene ring substituents is 1. The van der Waals surface area contributed by atoms with Crippen LogP contribution in [0.25, 0.3) is 0 Å². The molecule has 5 heteroatoms. The number of anilines is 1. The molecular formula is C13H16N2O3. The minimum Gasteiger partial charge on any atom is -0.372 e. The number of hydrogen-bond donors (Lipinski definition) is 0. The quantitative estimate of drug-likeness (QED) is 0.609. The lowest BCUT2D eigenvalue weighted by atomic mass is 9.93. The van der Waals surface area contributed by atoms with E-state index in [0.29, 0.717) is 24.7 Å². The van der Waals surface area contributed by atoms with Crippen LogP contribution in [0.1, 0.15) is 25.7 Å². The fourth-order valence-electron chi connectivity index (χ4n) is 2.33. The van der Waals surface area contributed by atoms with Gasteiger partial charge in [-0.15, -0.1) is 0 Å². The standard InChI is InChI=1S/C13H16N2O3/c1-14(11-6-8-13(16)9-7-11)10-2-4-12(5-3-10)15(17)18/h2-5,11H,6-9H2,1H3. The zero-order valence-corrected chi connectivity index (χ0v) is 10.3. The maximum absolute atomic E-state index is 11.2. The lowest BCUT2D eigenvalue weighted by Crippen LogP contribution is -2.35. The Morgan fingerprint density at radius 3 is 2.28 bits per heavy atom. The Bertz CT molecular complexity index is 446. The van der Waals surface area contributed by atoms with Crippen molar-refractivity contribution in [2.24, 2.45) is 0 Å². The molecule has 1 aliphatic rings. The van der Waals surface area contributed by atoms with Gasteiger partial charge in [0.25, 0.3) is 5.69 Å². The van der Waals surface area contributed by atoms with Crippen LogP contribution in [0.5, 0.6) is 0 Å². The Morgan fingerprint density at radius 2 is 1.78 bits per heavy atom. The van der Waals surface area contributed by atoms with E-state index in [1.165, 1.54) is 12.1 Å². The Labute approximate surface area is 106 Å². The highest BCUT2D eigenvalue weighted by Crippen LogP contribution is 2.26. The zero-order chi connectivity index (χ0) is 13.1. The molecule has 0 heterocycles. The number of nitrogens with zero attached hydrogens (tertiary/aromatic N) is 2.